The lowest BCUT2D eigenvalue weighted by atomic mass is 9.65. The molecule has 6 radical (unpaired) electrons. The molecule has 0 aliphatic carbocycles. The van der Waals surface area contributed by atoms with Gasteiger partial charge in [-0.2, -0.15) is 21.6 Å². The van der Waals surface area contributed by atoms with Crippen LogP contribution in [0.2, 0.25) is 0 Å². The minimum absolute atomic E-state index is 0.264. The van der Waals surface area contributed by atoms with Crippen LogP contribution in [0.4, 0.5) is 17.6 Å². The zero-order valence-electron chi connectivity index (χ0n) is 15.9. The van der Waals surface area contributed by atoms with Gasteiger partial charge in [-0.3, -0.25) is 4.79 Å². The van der Waals surface area contributed by atoms with E-state index in [2.05, 4.69) is 0 Å². The molecule has 0 saturated carbocycles. The number of nitrogens with two attached hydrogens (primary N) is 1. The molecule has 1 aliphatic heterocycles. The average Bonchev–Trinajstić information content (AvgIpc) is 2.91. The average molecular weight is 461 g/mol. The van der Waals surface area contributed by atoms with Gasteiger partial charge in [-0.25, -0.2) is 4.39 Å². The molecular formula is C18H10B3F4NO5S. The molecule has 2 aromatic carbocycles. The smallest absolute Gasteiger partial charge is 0.416 e. The van der Waals surface area contributed by atoms with Gasteiger partial charge < -0.3 is 14.7 Å². The largest absolute Gasteiger partial charge is 0.467 e. The summed E-state index contributed by atoms with van der Waals surface area (Å²) >= 11 is 0. The summed E-state index contributed by atoms with van der Waals surface area (Å²) in [6.45, 7) is 0. The highest BCUT2D eigenvalue weighted by atomic mass is 32.2. The fraction of sp³-hybridized carbons (Fsp3) is 0.167. The molecule has 0 fully saturated rings. The highest BCUT2D eigenvalue weighted by molar-refractivity contribution is 7.90. The minimum atomic E-state index is -5.04. The van der Waals surface area contributed by atoms with Gasteiger partial charge in [-0.15, -0.1) is 0 Å². The van der Waals surface area contributed by atoms with Gasteiger partial charge in [0, 0.05) is 0 Å². The zero-order valence-corrected chi connectivity index (χ0v) is 16.7. The number of hydrogen-bond acceptors (Lipinski definition) is 6. The third kappa shape index (κ3) is 3.99. The summed E-state index contributed by atoms with van der Waals surface area (Å²) in [5.74, 6) is -3.95. The van der Waals surface area contributed by atoms with Crippen molar-refractivity contribution in [3.05, 3.63) is 82.7 Å². The molecule has 0 amide bonds. The summed E-state index contributed by atoms with van der Waals surface area (Å²) in [4.78, 5) is 12.8. The van der Waals surface area contributed by atoms with E-state index in [-0.39, 0.29) is 11.1 Å². The van der Waals surface area contributed by atoms with E-state index in [0.717, 1.165) is 36.4 Å². The van der Waals surface area contributed by atoms with Crippen LogP contribution in [0, 0.1) is 5.82 Å². The molecule has 1 heterocycles. The first kappa shape index (κ1) is 23.8. The second-order valence-electron chi connectivity index (χ2n) is 6.77. The van der Waals surface area contributed by atoms with Crippen LogP contribution < -0.4 is 5.73 Å². The molecule has 6 nitrogen and oxygen atoms in total. The van der Waals surface area contributed by atoms with Crippen LogP contribution >= 0.6 is 0 Å². The molecule has 0 aromatic heterocycles. The van der Waals surface area contributed by atoms with Crippen molar-refractivity contribution in [2.24, 2.45) is 5.73 Å². The first-order chi connectivity index (χ1) is 14.6. The van der Waals surface area contributed by atoms with E-state index in [1.54, 1.807) is 0 Å². The Kier molecular flexibility index (Phi) is 5.65. The lowest BCUT2D eigenvalue weighted by Gasteiger charge is -2.26. The van der Waals surface area contributed by atoms with E-state index >= 15 is 0 Å². The second-order valence-corrected chi connectivity index (χ2v) is 8.52. The molecular weight excluding hydrogens is 451 g/mol. The quantitative estimate of drug-likeness (QED) is 0.411. The van der Waals surface area contributed by atoms with Gasteiger partial charge in [0.05, 0.1) is 25.8 Å². The maximum atomic E-state index is 13.1. The van der Waals surface area contributed by atoms with Crippen molar-refractivity contribution < 1.29 is 39.7 Å². The van der Waals surface area contributed by atoms with Crippen molar-refractivity contribution in [2.75, 3.05) is 0 Å². The van der Waals surface area contributed by atoms with Gasteiger partial charge in [0.1, 0.15) is 13.7 Å². The van der Waals surface area contributed by atoms with Gasteiger partial charge in [-0.05, 0) is 35.4 Å². The van der Waals surface area contributed by atoms with E-state index in [9.17, 15) is 30.8 Å². The molecule has 1 aliphatic rings. The molecule has 0 unspecified atom stereocenters. The maximum Gasteiger partial charge on any atom is 0.416 e. The fourth-order valence-corrected chi connectivity index (χ4v) is 3.70. The number of ether oxygens (including phenoxy) is 1. The highest BCUT2D eigenvalue weighted by Gasteiger charge is 2.50. The Morgan fingerprint density at radius 3 is 1.97 bits per heavy atom. The van der Waals surface area contributed by atoms with E-state index < -0.39 is 55.1 Å². The van der Waals surface area contributed by atoms with Crippen molar-refractivity contribution >= 4 is 39.4 Å². The number of alkyl halides is 3. The van der Waals surface area contributed by atoms with E-state index in [0.29, 0.717) is 12.1 Å². The summed E-state index contributed by atoms with van der Waals surface area (Å²) in [7, 11) is 12.1. The number of Topliss-reactive ketones (excluding diaryl/α,β-unsaturated/α-hetero) is 1. The van der Waals surface area contributed by atoms with Crippen molar-refractivity contribution in [1.29, 1.82) is 0 Å². The Morgan fingerprint density at radius 2 is 1.47 bits per heavy atom. The van der Waals surface area contributed by atoms with E-state index in [1.807, 2.05) is 0 Å². The summed E-state index contributed by atoms with van der Waals surface area (Å²) in [6.07, 6.45) is -4.65. The van der Waals surface area contributed by atoms with Gasteiger partial charge >= 0.3 is 16.3 Å². The van der Waals surface area contributed by atoms with Crippen molar-refractivity contribution in [1.82, 2.24) is 0 Å². The van der Waals surface area contributed by atoms with Crippen LogP contribution in [-0.4, -0.2) is 37.7 Å². The Morgan fingerprint density at radius 1 is 0.969 bits per heavy atom. The highest BCUT2D eigenvalue weighted by Crippen LogP contribution is 2.39. The standard InChI is InChI=1S/C18H10B3F4NO5S/c19-16(9-1-3-11(4-2-9)18(23,24)25)14(27)13(15(26)30-16)31-32(28,29)17(20,21)10-5-7-12(22)8-6-10/h1-8H,26H2/t16-/m1/s1. The Hall–Kier alpha value is -2.89. The Balaban J connectivity index is 1.90. The lowest BCUT2D eigenvalue weighted by molar-refractivity contribution is -0.137. The third-order valence-electron chi connectivity index (χ3n) is 4.58. The van der Waals surface area contributed by atoms with Crippen LogP contribution in [0.25, 0.3) is 0 Å². The molecule has 1 atom stereocenters. The number of carbonyl (C=O) groups excluding carboxylic acids is 1. The predicted molar refractivity (Wildman–Crippen MR) is 106 cm³/mol. The van der Waals surface area contributed by atoms with Crippen LogP contribution in [0.5, 0.6) is 0 Å². The van der Waals surface area contributed by atoms with E-state index in [4.69, 9.17) is 38.2 Å². The Bertz CT molecular complexity index is 1200. The second kappa shape index (κ2) is 7.61. The number of hydrogen-bond donors (Lipinski definition) is 1. The first-order valence-electron chi connectivity index (χ1n) is 8.57. The molecule has 0 spiro atoms. The Labute approximate surface area is 184 Å². The molecule has 2 N–H and O–H groups in total. The lowest BCUT2D eigenvalue weighted by Crippen LogP contribution is -2.40. The number of carbonyl (C=O) groups is 1. The summed E-state index contributed by atoms with van der Waals surface area (Å²) < 4.78 is 83.7. The third-order valence-corrected chi connectivity index (χ3v) is 6.03. The van der Waals surface area contributed by atoms with Crippen LogP contribution in [0.15, 0.2) is 60.2 Å². The zero-order chi connectivity index (χ0) is 24.1. The number of rotatable bonds is 5. The van der Waals surface area contributed by atoms with Crippen LogP contribution in [-0.2, 0) is 40.1 Å². The molecule has 160 valence electrons. The first-order valence-corrected chi connectivity index (χ1v) is 9.98. The summed E-state index contributed by atoms with van der Waals surface area (Å²) in [6, 6.07) is 6.77. The van der Waals surface area contributed by atoms with Crippen LogP contribution in [0.3, 0.4) is 0 Å². The van der Waals surface area contributed by atoms with Gasteiger partial charge in [0.2, 0.25) is 17.4 Å². The number of benzene rings is 2. The molecule has 0 bridgehead atoms. The minimum Gasteiger partial charge on any atom is -0.467 e. The molecule has 32 heavy (non-hydrogen) atoms. The maximum absolute atomic E-state index is 13.1. The predicted octanol–water partition coefficient (Wildman–Crippen LogP) is 1.39. The molecule has 3 rings (SSSR count). The molecule has 0 saturated heterocycles. The topological polar surface area (TPSA) is 95.7 Å². The van der Waals surface area contributed by atoms with Gasteiger partial charge in [0.15, 0.2) is 5.50 Å². The molecule has 2 aromatic rings. The van der Waals surface area contributed by atoms with Crippen LogP contribution in [0.1, 0.15) is 16.7 Å². The normalized spacial score (nSPS) is 19.7. The number of halogens is 4. The fourth-order valence-electron chi connectivity index (χ4n) is 2.76. The van der Waals surface area contributed by atoms with Gasteiger partial charge in [-0.1, -0.05) is 24.3 Å². The monoisotopic (exact) mass is 461 g/mol. The summed E-state index contributed by atoms with van der Waals surface area (Å²) in [5.41, 5.74) is 1.50. The number of ketones is 1. The summed E-state index contributed by atoms with van der Waals surface area (Å²) in [5, 5.41) is 0. The van der Waals surface area contributed by atoms with Crippen molar-refractivity contribution in [3.8, 4) is 0 Å². The molecule has 14 heteroatoms. The van der Waals surface area contributed by atoms with E-state index in [1.165, 1.54) is 0 Å². The van der Waals surface area contributed by atoms with Crippen molar-refractivity contribution in [3.63, 3.8) is 0 Å². The van der Waals surface area contributed by atoms with Crippen molar-refractivity contribution in [2.45, 2.75) is 16.2 Å². The van der Waals surface area contributed by atoms with Gasteiger partial charge in [0.25, 0.3) is 0 Å². The SMILES string of the molecule is [B]C([B])(c1ccc(F)cc1)S(=O)(=O)OC1=C(N)O[C@]([B])(c2ccc(C(F)(F)F)cc2)C1=O.